The van der Waals surface area contributed by atoms with Crippen molar-refractivity contribution >= 4 is 19.9 Å². The number of hydrogen-bond acceptors (Lipinski definition) is 3. The molecule has 0 aliphatic rings. The monoisotopic (exact) mass is 214 g/mol. The Morgan fingerprint density at radius 3 is 2.17 bits per heavy atom. The van der Waals surface area contributed by atoms with E-state index in [0.717, 1.165) is 0 Å². The molecule has 0 radical (unpaired) electrons. The molecule has 1 N–H and O–H groups in total. The third-order valence-electron chi connectivity index (χ3n) is 0.945. The normalized spacial score (nSPS) is 10.4. The molecule has 0 aromatic heterocycles. The summed E-state index contributed by atoms with van der Waals surface area (Å²) in [6.07, 6.45) is 0. The van der Waals surface area contributed by atoms with Gasteiger partial charge < -0.3 is 1.43 Å². The first-order valence-electron chi connectivity index (χ1n) is 2.80. The quantitative estimate of drug-likeness (QED) is 0.377. The van der Waals surface area contributed by atoms with Crippen LogP contribution in [0.2, 0.25) is 0 Å². The van der Waals surface area contributed by atoms with Gasteiger partial charge in [0, 0.05) is 15.7 Å². The van der Waals surface area contributed by atoms with Crippen LogP contribution in [0.4, 0.5) is 0 Å². The van der Waals surface area contributed by atoms with Gasteiger partial charge in [0.05, 0.1) is 0 Å². The van der Waals surface area contributed by atoms with Crippen LogP contribution in [0.25, 0.3) is 0 Å². The van der Waals surface area contributed by atoms with Crippen LogP contribution in [0.3, 0.4) is 0 Å². The van der Waals surface area contributed by atoms with Gasteiger partial charge in [-0.25, -0.2) is 0 Å². The summed E-state index contributed by atoms with van der Waals surface area (Å²) in [5.41, 5.74) is 0. The van der Waals surface area contributed by atoms with Crippen molar-refractivity contribution < 1.29 is 44.0 Å². The van der Waals surface area contributed by atoms with Gasteiger partial charge in [-0.1, -0.05) is 18.2 Å². The summed E-state index contributed by atoms with van der Waals surface area (Å²) in [5, 5.41) is 0. The molecule has 1 aromatic carbocycles. The first-order chi connectivity index (χ1) is 5.08. The summed E-state index contributed by atoms with van der Waals surface area (Å²) in [6.45, 7) is 0. The Kier molecular flexibility index (Phi) is 5.47. The van der Waals surface area contributed by atoms with Crippen molar-refractivity contribution in [3.8, 4) is 0 Å². The Morgan fingerprint density at radius 1 is 1.25 bits per heavy atom. The molecule has 0 heterocycles. The van der Waals surface area contributed by atoms with Gasteiger partial charge in [-0.05, 0) is 12.1 Å². The zero-order chi connectivity index (χ0) is 8.32. The molecule has 0 fully saturated rings. The molecule has 0 saturated heterocycles. The van der Waals surface area contributed by atoms with Crippen molar-refractivity contribution in [3.05, 3.63) is 30.3 Å². The van der Waals surface area contributed by atoms with Gasteiger partial charge in [-0.15, -0.1) is 0 Å². The van der Waals surface area contributed by atoms with Crippen LogP contribution in [-0.4, -0.2) is 13.0 Å². The molecule has 6 heteroatoms. The molecule has 0 atom stereocenters. The fraction of sp³-hybridized carbons (Fsp3) is 0. The van der Waals surface area contributed by atoms with Crippen LogP contribution < -0.4 is 29.6 Å². The Labute approximate surface area is 98.5 Å². The molecule has 3 nitrogen and oxygen atoms in total. The number of hydrogen-bond donors (Lipinski definition) is 1. The van der Waals surface area contributed by atoms with E-state index < -0.39 is 9.15 Å². The second-order valence-electron chi connectivity index (χ2n) is 1.82. The predicted molar refractivity (Wildman–Crippen MR) is 45.0 cm³/mol. The van der Waals surface area contributed by atoms with Crippen LogP contribution >= 0.6 is 10.8 Å². The SMILES string of the molecule is O=S(=O)(O)Sc1ccccc1.[H-].[Na+]. The van der Waals surface area contributed by atoms with Gasteiger partial charge in [0.1, 0.15) is 0 Å². The molecule has 1 rings (SSSR count). The first kappa shape index (κ1) is 12.5. The third-order valence-corrected chi connectivity index (χ3v) is 2.83. The van der Waals surface area contributed by atoms with E-state index in [1.165, 1.54) is 0 Å². The predicted octanol–water partition coefficient (Wildman–Crippen LogP) is -1.30. The second kappa shape index (κ2) is 5.26. The second-order valence-corrected chi connectivity index (χ2v) is 5.08. The Hall–Kier alpha value is 0.480. The molecule has 0 saturated carbocycles. The third kappa shape index (κ3) is 5.18. The van der Waals surface area contributed by atoms with Crippen LogP contribution in [0.15, 0.2) is 35.2 Å². The van der Waals surface area contributed by atoms with E-state index in [1.54, 1.807) is 30.3 Å². The molecule has 0 amide bonds. The standard InChI is InChI=1S/C6H6O3S2.Na.H/c7-11(8,9)10-6-4-2-1-3-5-6;;/h1-5H,(H,7,8,9);;/q;+1;-1. The molecule has 0 aliphatic heterocycles. The minimum atomic E-state index is -3.96. The molecule has 0 bridgehead atoms. The fourth-order valence-corrected chi connectivity index (χ4v) is 2.17. The van der Waals surface area contributed by atoms with E-state index in [-0.39, 0.29) is 31.0 Å². The van der Waals surface area contributed by atoms with Crippen molar-refractivity contribution in [2.75, 3.05) is 0 Å². The maximum atomic E-state index is 10.3. The van der Waals surface area contributed by atoms with E-state index in [1.807, 2.05) is 0 Å². The minimum absolute atomic E-state index is 0. The number of benzene rings is 1. The van der Waals surface area contributed by atoms with Gasteiger partial charge in [-0.2, -0.15) is 8.42 Å². The van der Waals surface area contributed by atoms with E-state index in [2.05, 4.69) is 0 Å². The van der Waals surface area contributed by atoms with Crippen molar-refractivity contribution in [3.63, 3.8) is 0 Å². The van der Waals surface area contributed by atoms with Crippen molar-refractivity contribution in [2.24, 2.45) is 0 Å². The summed E-state index contributed by atoms with van der Waals surface area (Å²) in [4.78, 5) is 0.509. The van der Waals surface area contributed by atoms with Crippen molar-refractivity contribution in [2.45, 2.75) is 4.90 Å². The van der Waals surface area contributed by atoms with E-state index in [0.29, 0.717) is 15.7 Å². The molecular formula is C6H7NaO3S2. The van der Waals surface area contributed by atoms with E-state index >= 15 is 0 Å². The zero-order valence-corrected chi connectivity index (χ0v) is 10.1. The van der Waals surface area contributed by atoms with Gasteiger partial charge in [0.15, 0.2) is 0 Å². The molecule has 12 heavy (non-hydrogen) atoms. The smallest absolute Gasteiger partial charge is 1.00 e. The van der Waals surface area contributed by atoms with Crippen LogP contribution in [0.5, 0.6) is 0 Å². The number of rotatable bonds is 2. The molecular weight excluding hydrogens is 207 g/mol. The molecule has 1 aromatic rings. The van der Waals surface area contributed by atoms with Gasteiger partial charge >= 0.3 is 38.7 Å². The summed E-state index contributed by atoms with van der Waals surface area (Å²) in [5.74, 6) is 0. The summed E-state index contributed by atoms with van der Waals surface area (Å²) in [6, 6.07) is 8.39. The average Bonchev–Trinajstić information content (AvgIpc) is 1.85. The summed E-state index contributed by atoms with van der Waals surface area (Å²) in [7, 11) is -3.53. The zero-order valence-electron chi connectivity index (χ0n) is 7.47. The van der Waals surface area contributed by atoms with Gasteiger partial charge in [0.25, 0.3) is 0 Å². The average molecular weight is 214 g/mol. The maximum absolute atomic E-state index is 10.3. The Bertz CT molecular complexity index is 327. The maximum Gasteiger partial charge on any atom is 1.00 e. The fourth-order valence-electron chi connectivity index (χ4n) is 0.598. The van der Waals surface area contributed by atoms with E-state index in [9.17, 15) is 8.42 Å². The minimum Gasteiger partial charge on any atom is -1.00 e. The van der Waals surface area contributed by atoms with Crippen molar-refractivity contribution in [1.29, 1.82) is 0 Å². The van der Waals surface area contributed by atoms with Crippen LogP contribution in [0, 0.1) is 0 Å². The summed E-state index contributed by atoms with van der Waals surface area (Å²) < 4.78 is 29.0. The van der Waals surface area contributed by atoms with Crippen molar-refractivity contribution in [1.82, 2.24) is 0 Å². The van der Waals surface area contributed by atoms with Crippen LogP contribution in [-0.2, 0) is 9.15 Å². The van der Waals surface area contributed by atoms with Gasteiger partial charge in [-0.3, -0.25) is 4.55 Å². The van der Waals surface area contributed by atoms with Crippen LogP contribution in [0.1, 0.15) is 1.43 Å². The Morgan fingerprint density at radius 2 is 1.75 bits per heavy atom. The first-order valence-corrected chi connectivity index (χ1v) is 5.57. The molecule has 62 valence electrons. The van der Waals surface area contributed by atoms with E-state index in [4.69, 9.17) is 4.55 Å². The molecule has 0 aliphatic carbocycles. The molecule has 0 unspecified atom stereocenters. The molecule has 0 spiro atoms. The largest absolute Gasteiger partial charge is 1.00 e. The topological polar surface area (TPSA) is 54.4 Å². The summed E-state index contributed by atoms with van der Waals surface area (Å²) >= 11 is 0. The Balaban J connectivity index is 0. The van der Waals surface area contributed by atoms with Gasteiger partial charge in [0.2, 0.25) is 0 Å².